The van der Waals surface area contributed by atoms with Crippen LogP contribution >= 0.6 is 56.7 Å². The number of allylic oxidation sites excluding steroid dienone is 1. The van der Waals surface area contributed by atoms with E-state index in [-0.39, 0.29) is 106 Å². The number of rotatable bonds is 12. The number of hydrogen-bond acceptors (Lipinski definition) is 32. The summed E-state index contributed by atoms with van der Waals surface area (Å²) < 4.78 is 45.0. The van der Waals surface area contributed by atoms with Gasteiger partial charge in [0.2, 0.25) is 5.91 Å². The van der Waals surface area contributed by atoms with Crippen LogP contribution in [0.3, 0.4) is 0 Å². The van der Waals surface area contributed by atoms with Crippen LogP contribution < -0.4 is 32.3 Å². The number of nitrogens with one attached hydrogen (secondary N) is 6. The maximum absolute atomic E-state index is 15.4. The van der Waals surface area contributed by atoms with Crippen LogP contribution in [0.15, 0.2) is 69.2 Å². The number of benzene rings is 1. The second-order valence-corrected chi connectivity index (χ2v) is 29.3. The van der Waals surface area contributed by atoms with Crippen molar-refractivity contribution in [1.82, 2.24) is 66.4 Å². The number of aliphatic hydroxyl groups excluding tert-OH is 4. The molecule has 12 bridgehead atoms. The summed E-state index contributed by atoms with van der Waals surface area (Å²) in [6.45, 7) is 7.51. The average Bonchev–Trinajstić information content (AvgIpc) is 1.55. The first kappa shape index (κ1) is 72.9. The number of aromatic nitrogens is 7. The number of aromatic amines is 1. The highest BCUT2D eigenvalue weighted by atomic mass is 32.1. The van der Waals surface area contributed by atoms with E-state index in [2.05, 4.69) is 53.1 Å². The highest BCUT2D eigenvalue weighted by Crippen LogP contribution is 2.46. The largest absolute Gasteiger partial charge is 0.506 e. The number of primary amides is 1. The predicted octanol–water partition coefficient (Wildman–Crippen LogP) is 3.02. The Hall–Kier alpha value is -9.46. The number of methoxy groups -OCH3 is 1. The normalized spacial score (nSPS) is 25.3. The molecule has 2 fully saturated rings. The molecule has 2 saturated heterocycles. The van der Waals surface area contributed by atoms with E-state index < -0.39 is 164 Å². The van der Waals surface area contributed by atoms with Crippen molar-refractivity contribution < 1.29 is 97.0 Å². The van der Waals surface area contributed by atoms with Crippen molar-refractivity contribution >= 4 is 121 Å². The Morgan fingerprint density at radius 2 is 1.53 bits per heavy atom. The van der Waals surface area contributed by atoms with Crippen molar-refractivity contribution in [2.75, 3.05) is 27.4 Å². The van der Waals surface area contributed by atoms with Crippen LogP contribution in [0.25, 0.3) is 49.3 Å². The summed E-state index contributed by atoms with van der Waals surface area (Å²) in [5.41, 5.74) is 3.46. The van der Waals surface area contributed by atoms with Crippen molar-refractivity contribution in [3.05, 3.63) is 124 Å². The Kier molecular flexibility index (Phi) is 20.7. The molecular formula is C65H66N14O20S5. The molecule has 12 heterocycles. The van der Waals surface area contributed by atoms with Gasteiger partial charge in [-0.1, -0.05) is 18.7 Å². The van der Waals surface area contributed by atoms with Crippen molar-refractivity contribution in [3.8, 4) is 38.4 Å². The second-order valence-electron chi connectivity index (χ2n) is 25.0. The molecule has 104 heavy (non-hydrogen) atoms. The number of fused-ring (bicyclic) bond motifs is 16. The van der Waals surface area contributed by atoms with Crippen LogP contribution in [0, 0.1) is 0 Å². The van der Waals surface area contributed by atoms with E-state index in [1.54, 1.807) is 44.5 Å². The molecule has 1 aromatic carbocycles. The molecule has 13 atom stereocenters. The molecule has 2 unspecified atom stereocenters. The molecule has 0 saturated carbocycles. The molecule has 13 N–H and O–H groups in total. The highest BCUT2D eigenvalue weighted by molar-refractivity contribution is 7.14. The molecule has 5 aliphatic heterocycles. The van der Waals surface area contributed by atoms with Crippen molar-refractivity contribution in [3.63, 3.8) is 0 Å². The summed E-state index contributed by atoms with van der Waals surface area (Å²) in [5.74, 6) is -7.99. The standard InChI is InChI=1S/C65H66N14O20S5/c1-23(52(66)85)67-53(86)33-20-103-61(73-33)47-38(83)11-28-45(75-47)32-18-101-59(70-32)31-17-96-63(91)46-29-16-94-49(50(64(92)95-15-27-9-8-10-30(68-46)42(27)29)98-41-13-65(5)51(26(4)97-41)79(6)40(99-65)12-37(82)39(84)14-80)48(62-74-34(21-104-62)54(87)69-31)78-56(89)36-22-102-60(72-36)44(25(3)93-7)77-57(90)43(24(2)81)76-55(88)35-19-100-58(28)71-35/h8-11,18-22,24,26,31,37,39-41,43,48-51,68,80-84H,1,12-17H2,2-7H3,(H2,66,85)(H,67,86)(H,69,87)(H,76,88)(H,77,90)(H,78,89)/t24-,26+,31+,37+,39-,40?,41+,43+,48+,49?,50+,51-,65+/m1/s1. The van der Waals surface area contributed by atoms with Gasteiger partial charge in [0.25, 0.3) is 29.5 Å². The molecular weight excluding hydrogens is 1460 g/mol. The van der Waals surface area contributed by atoms with E-state index in [0.717, 1.165) is 56.7 Å². The van der Waals surface area contributed by atoms with E-state index in [0.29, 0.717) is 16.5 Å². The van der Waals surface area contributed by atoms with Gasteiger partial charge in [0.05, 0.1) is 56.0 Å². The number of ether oxygens (including phenoxy) is 7. The first-order valence-corrected chi connectivity index (χ1v) is 36.3. The first-order chi connectivity index (χ1) is 49.7. The van der Waals surface area contributed by atoms with E-state index in [1.165, 1.54) is 48.5 Å². The molecule has 13 rings (SSSR count). The Bertz CT molecular complexity index is 4790. The molecule has 6 amide bonds. The minimum Gasteiger partial charge on any atom is -0.506 e. The molecule has 8 aromatic rings. The Labute approximate surface area is 608 Å². The molecule has 34 nitrogen and oxygen atoms in total. The lowest BCUT2D eigenvalue weighted by Gasteiger charge is -2.45. The minimum absolute atomic E-state index is 0.00409. The average molecular weight is 1520 g/mol. The van der Waals surface area contributed by atoms with Crippen LogP contribution in [0.2, 0.25) is 0 Å². The van der Waals surface area contributed by atoms with Crippen molar-refractivity contribution in [1.29, 1.82) is 0 Å². The molecule has 0 radical (unpaired) electrons. The summed E-state index contributed by atoms with van der Waals surface area (Å²) in [4.78, 5) is 148. The molecule has 546 valence electrons. The zero-order chi connectivity index (χ0) is 73.9. The van der Waals surface area contributed by atoms with Gasteiger partial charge in [0, 0.05) is 61.8 Å². The summed E-state index contributed by atoms with van der Waals surface area (Å²) in [5, 5.41) is 74.6. The molecule has 0 spiro atoms. The maximum atomic E-state index is 15.4. The van der Waals surface area contributed by atoms with Crippen LogP contribution in [-0.4, -0.2) is 207 Å². The fourth-order valence-electron chi connectivity index (χ4n) is 12.8. The Morgan fingerprint density at radius 3 is 2.27 bits per heavy atom. The lowest BCUT2D eigenvalue weighted by Crippen LogP contribution is -2.59. The number of carbonyl (C=O) groups excluding carboxylic acids is 8. The van der Waals surface area contributed by atoms with Crippen LogP contribution in [0.4, 0.5) is 0 Å². The number of aliphatic hydroxyl groups is 4. The van der Waals surface area contributed by atoms with Gasteiger partial charge in [0.15, 0.2) is 12.4 Å². The summed E-state index contributed by atoms with van der Waals surface area (Å²) in [6, 6.07) is 1.16. The number of likely N-dealkylation sites (N-methyl/N-ethyl adjacent to an activating group) is 1. The number of cyclic esters (lactones) is 2. The molecule has 7 aromatic heterocycles. The van der Waals surface area contributed by atoms with E-state index in [4.69, 9.17) is 53.8 Å². The third kappa shape index (κ3) is 14.3. The third-order valence-electron chi connectivity index (χ3n) is 18.0. The van der Waals surface area contributed by atoms with Crippen molar-refractivity contribution in [2.45, 2.75) is 133 Å². The van der Waals surface area contributed by atoms with Gasteiger partial charge in [-0.15, -0.1) is 56.7 Å². The SMILES string of the molecule is C=C(NC(=O)c1csc(-c2nc3c(cc2O)-c2nc(cs2)C(=O)N[C@@H]([C@@H](C)O)C(=O)NC(=C(C)OC)c2nc(cs2)C(=O)N[C@@H]2c4nc(cs4)C(=O)N[C@@H](COC(=O)c4[nH]c5cccc6c5c4COC2[C@H](O[C@H]2C[C@]4(C)OC(C[C@H](O)[C@H](O)CO)N(C)[C@@H]4[C@H](C)O2)C(=O)OC6)c2nc-3cs2)n1)C(N)=O. The molecule has 39 heteroatoms. The lowest BCUT2D eigenvalue weighted by molar-refractivity contribution is -0.269. The number of pyridine rings is 1. The van der Waals surface area contributed by atoms with E-state index >= 15 is 19.2 Å². The van der Waals surface area contributed by atoms with E-state index in [1.807, 2.05) is 4.90 Å². The van der Waals surface area contributed by atoms with Gasteiger partial charge < -0.3 is 96.0 Å². The molecule has 0 aliphatic carbocycles. The van der Waals surface area contributed by atoms with Gasteiger partial charge >= 0.3 is 11.9 Å². The quantitative estimate of drug-likeness (QED) is 0.0475. The number of nitrogens with two attached hydrogens (primary N) is 1. The number of esters is 2. The third-order valence-corrected chi connectivity index (χ3v) is 22.5. The number of aromatic hydroxyl groups is 1. The zero-order valence-corrected chi connectivity index (χ0v) is 59.8. The summed E-state index contributed by atoms with van der Waals surface area (Å²) in [7, 11) is 3.06. The number of carbonyl (C=O) groups is 8. The highest BCUT2D eigenvalue weighted by Gasteiger charge is 2.57. The minimum atomic E-state index is -1.90. The Morgan fingerprint density at radius 1 is 0.846 bits per heavy atom. The second kappa shape index (κ2) is 29.6. The van der Waals surface area contributed by atoms with Crippen LogP contribution in [-0.2, 0) is 60.8 Å². The number of hydrogen-bond donors (Lipinski definition) is 12. The lowest BCUT2D eigenvalue weighted by atomic mass is 9.86. The van der Waals surface area contributed by atoms with Crippen LogP contribution in [0.1, 0.15) is 131 Å². The maximum Gasteiger partial charge on any atom is 0.355 e. The summed E-state index contributed by atoms with van der Waals surface area (Å²) in [6.07, 6.45) is -11.1. The monoisotopic (exact) mass is 1520 g/mol. The van der Waals surface area contributed by atoms with Crippen molar-refractivity contribution in [2.24, 2.45) is 5.73 Å². The number of thiazole rings is 5. The number of amides is 6. The summed E-state index contributed by atoms with van der Waals surface area (Å²) >= 11 is 4.53. The van der Waals surface area contributed by atoms with Gasteiger partial charge in [-0.2, -0.15) is 0 Å². The van der Waals surface area contributed by atoms with E-state index in [9.17, 15) is 44.7 Å². The van der Waals surface area contributed by atoms with Gasteiger partial charge in [-0.05, 0) is 52.4 Å². The smallest absolute Gasteiger partial charge is 0.355 e. The Balaban J connectivity index is 0.958. The fraction of sp³-hybridized carbons (Fsp3) is 0.385. The number of nitrogens with zero attached hydrogens (tertiary/aromatic N) is 7. The first-order valence-electron chi connectivity index (χ1n) is 31.9. The fourth-order valence-corrected chi connectivity index (χ4v) is 17.0. The zero-order valence-electron chi connectivity index (χ0n) is 55.7. The molecule has 5 aliphatic rings. The predicted molar refractivity (Wildman–Crippen MR) is 370 cm³/mol. The van der Waals surface area contributed by atoms with Gasteiger partial charge in [-0.25, -0.2) is 39.5 Å². The van der Waals surface area contributed by atoms with Gasteiger partial charge in [0.1, 0.15) is 138 Å². The van der Waals surface area contributed by atoms with Gasteiger partial charge in [-0.3, -0.25) is 33.7 Å². The number of H-pyrrole nitrogens is 1. The topological polar surface area (TPSA) is 485 Å². The van der Waals surface area contributed by atoms with Crippen LogP contribution in [0.5, 0.6) is 5.75 Å².